The molecule has 1 amide bonds. The van der Waals surface area contributed by atoms with Crippen molar-refractivity contribution in [2.24, 2.45) is 0 Å². The summed E-state index contributed by atoms with van der Waals surface area (Å²) in [6, 6.07) is 3.23. The Morgan fingerprint density at radius 1 is 1.41 bits per heavy atom. The Morgan fingerprint density at radius 3 is 2.55 bits per heavy atom. The number of amides is 1. The predicted molar refractivity (Wildman–Crippen MR) is 113 cm³/mol. The number of sulfonamides is 1. The molecule has 1 fully saturated rings. The van der Waals surface area contributed by atoms with Gasteiger partial charge in [-0.1, -0.05) is 25.1 Å². The second kappa shape index (κ2) is 9.47. The van der Waals surface area contributed by atoms with Crippen LogP contribution in [0, 0.1) is 0 Å². The van der Waals surface area contributed by atoms with Crippen molar-refractivity contribution in [2.75, 3.05) is 19.7 Å². The molecule has 0 bridgehead atoms. The lowest BCUT2D eigenvalue weighted by molar-refractivity contribution is -0.134. The van der Waals surface area contributed by atoms with E-state index in [0.29, 0.717) is 48.7 Å². The number of halogens is 1. The minimum Gasteiger partial charge on any atom is -0.483 e. The molecule has 2 N–H and O–H groups in total. The van der Waals surface area contributed by atoms with Gasteiger partial charge < -0.3 is 14.7 Å². The third-order valence-electron chi connectivity index (χ3n) is 4.94. The Hall–Kier alpha value is -1.61. The molecule has 0 radical (unpaired) electrons. The summed E-state index contributed by atoms with van der Waals surface area (Å²) in [7, 11) is -3.48. The van der Waals surface area contributed by atoms with Gasteiger partial charge in [0.2, 0.25) is 10.0 Å². The highest BCUT2D eigenvalue weighted by Crippen LogP contribution is 2.34. The first-order chi connectivity index (χ1) is 13.5. The minimum absolute atomic E-state index is 0.136. The molecule has 0 atom stereocenters. The first-order valence-electron chi connectivity index (χ1n) is 9.57. The van der Waals surface area contributed by atoms with Gasteiger partial charge in [-0.2, -0.15) is 0 Å². The number of aliphatic hydroxyl groups is 1. The van der Waals surface area contributed by atoms with Crippen molar-refractivity contribution >= 4 is 27.5 Å². The van der Waals surface area contributed by atoms with Gasteiger partial charge in [-0.15, -0.1) is 0 Å². The molecule has 1 aliphatic heterocycles. The van der Waals surface area contributed by atoms with Gasteiger partial charge in [0.15, 0.2) is 6.61 Å². The topological polar surface area (TPSA) is 95.9 Å². The summed E-state index contributed by atoms with van der Waals surface area (Å²) in [5.74, 6) is 0.354. The molecule has 162 valence electrons. The van der Waals surface area contributed by atoms with Crippen molar-refractivity contribution < 1.29 is 23.1 Å². The molecule has 29 heavy (non-hydrogen) atoms. The van der Waals surface area contributed by atoms with E-state index in [1.54, 1.807) is 30.9 Å². The number of benzene rings is 1. The number of ether oxygens (including phenoxy) is 1. The average molecular weight is 445 g/mol. The maximum atomic E-state index is 12.5. The summed E-state index contributed by atoms with van der Waals surface area (Å²) in [6.45, 7) is 9.27. The number of nitrogens with one attached hydrogen (secondary N) is 1. The van der Waals surface area contributed by atoms with Crippen molar-refractivity contribution in [3.05, 3.63) is 40.3 Å². The number of likely N-dealkylation sites (tertiary alicyclic amines) is 1. The van der Waals surface area contributed by atoms with Crippen molar-refractivity contribution in [1.82, 2.24) is 9.62 Å². The van der Waals surface area contributed by atoms with Crippen LogP contribution in [0.2, 0.25) is 5.02 Å². The van der Waals surface area contributed by atoms with Crippen LogP contribution in [0.15, 0.2) is 24.1 Å². The SMILES string of the molecule is C=CS(=O)(=O)NC1CCN(C(=O)COc2cc(C(C)(C)O)c(Cl)cc2CC)CC1. The van der Waals surface area contributed by atoms with Gasteiger partial charge >= 0.3 is 0 Å². The minimum atomic E-state index is -3.48. The third kappa shape index (κ3) is 6.44. The van der Waals surface area contributed by atoms with E-state index in [-0.39, 0.29) is 18.6 Å². The smallest absolute Gasteiger partial charge is 0.260 e. The molecule has 0 saturated carbocycles. The lowest BCUT2D eigenvalue weighted by atomic mass is 9.96. The van der Waals surface area contributed by atoms with Gasteiger partial charge in [-0.25, -0.2) is 13.1 Å². The summed E-state index contributed by atoms with van der Waals surface area (Å²) in [5.41, 5.74) is 0.258. The Balaban J connectivity index is 1.98. The molecule has 1 aliphatic rings. The van der Waals surface area contributed by atoms with E-state index in [9.17, 15) is 18.3 Å². The van der Waals surface area contributed by atoms with E-state index < -0.39 is 15.6 Å². The lowest BCUT2D eigenvalue weighted by Crippen LogP contribution is -2.47. The monoisotopic (exact) mass is 444 g/mol. The largest absolute Gasteiger partial charge is 0.483 e. The molecule has 0 spiro atoms. The number of nitrogens with zero attached hydrogens (tertiary/aromatic N) is 1. The number of carbonyl (C=O) groups is 1. The molecular formula is C20H29ClN2O5S. The highest BCUT2D eigenvalue weighted by Gasteiger charge is 2.26. The fourth-order valence-corrected chi connectivity index (χ4v) is 4.45. The predicted octanol–water partition coefficient (Wildman–Crippen LogP) is 2.56. The maximum Gasteiger partial charge on any atom is 0.260 e. The molecule has 1 aromatic rings. The average Bonchev–Trinajstić information content (AvgIpc) is 2.65. The molecule has 0 aromatic heterocycles. The maximum absolute atomic E-state index is 12.5. The molecule has 0 unspecified atom stereocenters. The van der Waals surface area contributed by atoms with Gasteiger partial charge in [0, 0.05) is 35.1 Å². The molecule has 2 rings (SSSR count). The zero-order valence-electron chi connectivity index (χ0n) is 17.1. The Labute approximate surface area is 177 Å². The summed E-state index contributed by atoms with van der Waals surface area (Å²) < 4.78 is 31.5. The van der Waals surface area contributed by atoms with E-state index >= 15 is 0 Å². The van der Waals surface area contributed by atoms with Crippen LogP contribution < -0.4 is 9.46 Å². The number of carbonyl (C=O) groups excluding carboxylic acids is 1. The Bertz CT molecular complexity index is 856. The standard InChI is InChI=1S/C20H29ClN2O5S/c1-5-14-11-17(21)16(20(3,4)25)12-18(14)28-13-19(24)23-9-7-15(8-10-23)22-29(26,27)6-2/h6,11-12,15,22,25H,2,5,7-10,13H2,1,3-4H3. The number of rotatable bonds is 8. The van der Waals surface area contributed by atoms with Gasteiger partial charge in [-0.05, 0) is 50.8 Å². The first kappa shape index (κ1) is 23.7. The summed E-state index contributed by atoms with van der Waals surface area (Å²) >= 11 is 6.27. The van der Waals surface area contributed by atoms with Crippen molar-refractivity contribution in [2.45, 2.75) is 51.7 Å². The van der Waals surface area contributed by atoms with Crippen LogP contribution in [0.4, 0.5) is 0 Å². The second-order valence-corrected chi connectivity index (χ2v) is 9.69. The van der Waals surface area contributed by atoms with E-state index in [0.717, 1.165) is 11.0 Å². The van der Waals surface area contributed by atoms with Crippen LogP contribution in [0.3, 0.4) is 0 Å². The van der Waals surface area contributed by atoms with Gasteiger partial charge in [0.25, 0.3) is 5.91 Å². The zero-order valence-corrected chi connectivity index (χ0v) is 18.6. The summed E-state index contributed by atoms with van der Waals surface area (Å²) in [4.78, 5) is 14.2. The van der Waals surface area contributed by atoms with Crippen LogP contribution in [0.1, 0.15) is 44.7 Å². The first-order valence-corrected chi connectivity index (χ1v) is 11.5. The van der Waals surface area contributed by atoms with Gasteiger partial charge in [-0.3, -0.25) is 4.79 Å². The molecule has 0 aliphatic carbocycles. The molecular weight excluding hydrogens is 416 g/mol. The van der Waals surface area contributed by atoms with Crippen molar-refractivity contribution in [3.63, 3.8) is 0 Å². The van der Waals surface area contributed by atoms with Crippen LogP contribution >= 0.6 is 11.6 Å². The molecule has 1 saturated heterocycles. The van der Waals surface area contributed by atoms with Gasteiger partial charge in [0.05, 0.1) is 5.60 Å². The molecule has 1 heterocycles. The third-order valence-corrected chi connectivity index (χ3v) is 6.35. The molecule has 7 nitrogen and oxygen atoms in total. The highest BCUT2D eigenvalue weighted by molar-refractivity contribution is 7.92. The zero-order chi connectivity index (χ0) is 21.8. The Kier molecular flexibility index (Phi) is 7.73. The fraction of sp³-hybridized carbons (Fsp3) is 0.550. The Morgan fingerprint density at radius 2 is 2.03 bits per heavy atom. The highest BCUT2D eigenvalue weighted by atomic mass is 35.5. The summed E-state index contributed by atoms with van der Waals surface area (Å²) in [6.07, 6.45) is 1.73. The van der Waals surface area contributed by atoms with Gasteiger partial charge in [0.1, 0.15) is 5.75 Å². The molecule has 1 aromatic carbocycles. The van der Waals surface area contributed by atoms with Crippen LogP contribution in [0.25, 0.3) is 0 Å². The fourth-order valence-electron chi connectivity index (χ4n) is 3.23. The van der Waals surface area contributed by atoms with Crippen LogP contribution in [0.5, 0.6) is 5.75 Å². The normalized spacial score (nSPS) is 16.0. The number of hydrogen-bond donors (Lipinski definition) is 2. The summed E-state index contributed by atoms with van der Waals surface area (Å²) in [5, 5.41) is 11.6. The quantitative estimate of drug-likeness (QED) is 0.642. The second-order valence-electron chi connectivity index (χ2n) is 7.63. The number of piperidine rings is 1. The molecule has 9 heteroatoms. The van der Waals surface area contributed by atoms with Crippen molar-refractivity contribution in [3.8, 4) is 5.75 Å². The van der Waals surface area contributed by atoms with E-state index in [1.165, 1.54) is 0 Å². The van der Waals surface area contributed by atoms with E-state index in [4.69, 9.17) is 16.3 Å². The number of hydrogen-bond acceptors (Lipinski definition) is 5. The van der Waals surface area contributed by atoms with Crippen molar-refractivity contribution in [1.29, 1.82) is 0 Å². The lowest BCUT2D eigenvalue weighted by Gasteiger charge is -2.32. The van der Waals surface area contributed by atoms with E-state index in [1.807, 2.05) is 6.92 Å². The van der Waals surface area contributed by atoms with Crippen LogP contribution in [-0.4, -0.2) is 50.1 Å². The van der Waals surface area contributed by atoms with Crippen LogP contribution in [-0.2, 0) is 26.8 Å². The van der Waals surface area contributed by atoms with E-state index in [2.05, 4.69) is 11.3 Å². The number of aryl methyl sites for hydroxylation is 1.